The fraction of sp³-hybridized carbons (Fsp3) is 0.231. The minimum atomic E-state index is -0.229. The van der Waals surface area contributed by atoms with E-state index in [-0.39, 0.29) is 17.9 Å². The van der Waals surface area contributed by atoms with E-state index >= 15 is 0 Å². The number of benzene rings is 3. The maximum Gasteiger partial charge on any atom is 0.262 e. The molecule has 1 aromatic heterocycles. The highest BCUT2D eigenvalue weighted by Gasteiger charge is 2.13. The smallest absolute Gasteiger partial charge is 0.262 e. The normalized spacial score (nSPS) is 11.5. The van der Waals surface area contributed by atoms with E-state index in [1.54, 1.807) is 6.07 Å². The largest absolute Gasteiger partial charge is 0.484 e. The molecule has 5 heteroatoms. The van der Waals surface area contributed by atoms with E-state index in [1.807, 2.05) is 66.7 Å². The molecule has 158 valence electrons. The van der Waals surface area contributed by atoms with Gasteiger partial charge in [0.1, 0.15) is 11.3 Å². The van der Waals surface area contributed by atoms with Crippen molar-refractivity contribution in [2.45, 2.75) is 32.6 Å². The van der Waals surface area contributed by atoms with Crippen LogP contribution in [0.4, 0.5) is 5.69 Å². The lowest BCUT2D eigenvalue weighted by molar-refractivity contribution is -0.118. The van der Waals surface area contributed by atoms with E-state index in [4.69, 9.17) is 9.15 Å². The molecule has 3 aromatic carbocycles. The monoisotopic (exact) mass is 414 g/mol. The fourth-order valence-corrected chi connectivity index (χ4v) is 3.30. The molecule has 0 saturated heterocycles. The van der Waals surface area contributed by atoms with E-state index < -0.39 is 0 Å². The Labute approximate surface area is 182 Å². The van der Waals surface area contributed by atoms with Gasteiger partial charge in [-0.3, -0.25) is 4.79 Å². The molecular weight excluding hydrogens is 388 g/mol. The Morgan fingerprint density at radius 3 is 2.45 bits per heavy atom. The molecule has 1 N–H and O–H groups in total. The predicted octanol–water partition coefficient (Wildman–Crippen LogP) is 5.73. The van der Waals surface area contributed by atoms with E-state index in [2.05, 4.69) is 31.1 Å². The molecule has 0 aliphatic heterocycles. The first-order chi connectivity index (χ1) is 14.9. The number of carbonyl (C=O) groups excluding carboxylic acids is 1. The summed E-state index contributed by atoms with van der Waals surface area (Å²) in [5.74, 6) is 1.08. The number of aromatic nitrogens is 1. The maximum absolute atomic E-state index is 12.3. The lowest BCUT2D eigenvalue weighted by Crippen LogP contribution is -2.20. The summed E-state index contributed by atoms with van der Waals surface area (Å²) in [7, 11) is 0. The van der Waals surface area contributed by atoms with Crippen molar-refractivity contribution >= 4 is 22.7 Å². The van der Waals surface area contributed by atoms with Crippen LogP contribution in [0.2, 0.25) is 0 Å². The van der Waals surface area contributed by atoms with E-state index in [0.717, 1.165) is 5.56 Å². The zero-order valence-electron chi connectivity index (χ0n) is 18.0. The summed E-state index contributed by atoms with van der Waals surface area (Å²) in [6.45, 7) is 6.41. The number of amides is 1. The average Bonchev–Trinajstić information content (AvgIpc) is 3.14. The molecular formula is C26H26N2O3. The first kappa shape index (κ1) is 20.7. The molecule has 4 aromatic rings. The van der Waals surface area contributed by atoms with E-state index in [1.165, 1.54) is 5.56 Å². The highest BCUT2D eigenvalue weighted by molar-refractivity contribution is 5.93. The van der Waals surface area contributed by atoms with Gasteiger partial charge in [0.15, 0.2) is 18.1 Å². The number of anilines is 1. The van der Waals surface area contributed by atoms with Crippen molar-refractivity contribution in [2.75, 3.05) is 11.9 Å². The highest BCUT2D eigenvalue weighted by Crippen LogP contribution is 2.24. The molecule has 5 nitrogen and oxygen atoms in total. The molecule has 1 amide bonds. The number of hydrogen-bond acceptors (Lipinski definition) is 4. The number of oxazole rings is 1. The van der Waals surface area contributed by atoms with Gasteiger partial charge in [-0.25, -0.2) is 4.98 Å². The minimum absolute atomic E-state index is 0.0645. The zero-order valence-corrected chi connectivity index (χ0v) is 18.0. The van der Waals surface area contributed by atoms with Crippen LogP contribution in [0.5, 0.6) is 5.75 Å². The van der Waals surface area contributed by atoms with Gasteiger partial charge in [-0.1, -0.05) is 63.2 Å². The fourth-order valence-electron chi connectivity index (χ4n) is 3.30. The lowest BCUT2D eigenvalue weighted by Gasteiger charge is -2.19. The highest BCUT2D eigenvalue weighted by atomic mass is 16.5. The van der Waals surface area contributed by atoms with Crippen molar-refractivity contribution < 1.29 is 13.9 Å². The second-order valence-electron chi connectivity index (χ2n) is 8.56. The number of hydrogen-bond donors (Lipinski definition) is 1. The SMILES string of the molecule is CC(C)(C)c1ccc(OCC(=O)Nc2ccc3oc(Cc4ccccc4)nc3c2)cc1. The van der Waals surface area contributed by atoms with Crippen molar-refractivity contribution in [3.8, 4) is 5.75 Å². The molecule has 0 saturated carbocycles. The number of fused-ring (bicyclic) bond motifs is 1. The number of ether oxygens (including phenoxy) is 1. The van der Waals surface area contributed by atoms with Crippen molar-refractivity contribution in [1.82, 2.24) is 4.98 Å². The van der Waals surface area contributed by atoms with Gasteiger partial charge in [0, 0.05) is 12.1 Å². The molecule has 31 heavy (non-hydrogen) atoms. The zero-order chi connectivity index (χ0) is 21.8. The van der Waals surface area contributed by atoms with Gasteiger partial charge in [-0.05, 0) is 46.9 Å². The van der Waals surface area contributed by atoms with Crippen molar-refractivity contribution in [1.29, 1.82) is 0 Å². The summed E-state index contributed by atoms with van der Waals surface area (Å²) in [6, 6.07) is 23.3. The molecule has 0 bridgehead atoms. The molecule has 0 radical (unpaired) electrons. The van der Waals surface area contributed by atoms with Crippen LogP contribution in [0.1, 0.15) is 37.8 Å². The third-order valence-electron chi connectivity index (χ3n) is 5.00. The standard InChI is InChI=1S/C26H26N2O3/c1-26(2,3)19-9-12-21(13-10-19)30-17-24(29)27-20-11-14-23-22(16-20)28-25(31-23)15-18-7-5-4-6-8-18/h4-14,16H,15,17H2,1-3H3,(H,27,29). The van der Waals surface area contributed by atoms with Gasteiger partial charge in [-0.15, -0.1) is 0 Å². The lowest BCUT2D eigenvalue weighted by atomic mass is 9.87. The van der Waals surface area contributed by atoms with Crippen molar-refractivity contribution in [2.24, 2.45) is 0 Å². The summed E-state index contributed by atoms with van der Waals surface area (Å²) >= 11 is 0. The first-order valence-corrected chi connectivity index (χ1v) is 10.3. The van der Waals surface area contributed by atoms with E-state index in [9.17, 15) is 4.79 Å². The third kappa shape index (κ3) is 5.31. The average molecular weight is 415 g/mol. The number of rotatable bonds is 6. The predicted molar refractivity (Wildman–Crippen MR) is 123 cm³/mol. The summed E-state index contributed by atoms with van der Waals surface area (Å²) in [5.41, 5.74) is 4.49. The van der Waals surface area contributed by atoms with Gasteiger partial charge < -0.3 is 14.5 Å². The van der Waals surface area contributed by atoms with Gasteiger partial charge in [0.05, 0.1) is 0 Å². The molecule has 0 spiro atoms. The molecule has 1 heterocycles. The van der Waals surface area contributed by atoms with Gasteiger partial charge in [-0.2, -0.15) is 0 Å². The van der Waals surface area contributed by atoms with E-state index in [0.29, 0.717) is 34.8 Å². The second kappa shape index (κ2) is 8.64. The molecule has 0 atom stereocenters. The number of nitrogens with one attached hydrogen (secondary N) is 1. The summed E-state index contributed by atoms with van der Waals surface area (Å²) < 4.78 is 11.4. The third-order valence-corrected chi connectivity index (χ3v) is 5.00. The van der Waals surface area contributed by atoms with Crippen LogP contribution in [-0.2, 0) is 16.6 Å². The Bertz CT molecular complexity index is 1170. The van der Waals surface area contributed by atoms with Gasteiger partial charge in [0.2, 0.25) is 0 Å². The van der Waals surface area contributed by atoms with Crippen LogP contribution in [0, 0.1) is 0 Å². The molecule has 0 aliphatic rings. The quantitative estimate of drug-likeness (QED) is 0.437. The van der Waals surface area contributed by atoms with Crippen molar-refractivity contribution in [3.63, 3.8) is 0 Å². The Morgan fingerprint density at radius 1 is 1.00 bits per heavy atom. The Balaban J connectivity index is 1.36. The second-order valence-corrected chi connectivity index (χ2v) is 8.56. The molecule has 0 aliphatic carbocycles. The molecule has 0 fully saturated rings. The first-order valence-electron chi connectivity index (χ1n) is 10.3. The van der Waals surface area contributed by atoms with Crippen LogP contribution in [0.25, 0.3) is 11.1 Å². The van der Waals surface area contributed by atoms with Crippen molar-refractivity contribution in [3.05, 3.63) is 89.8 Å². The Hall–Kier alpha value is -3.60. The molecule has 4 rings (SSSR count). The molecule has 0 unspecified atom stereocenters. The Morgan fingerprint density at radius 2 is 1.74 bits per heavy atom. The minimum Gasteiger partial charge on any atom is -0.484 e. The summed E-state index contributed by atoms with van der Waals surface area (Å²) in [4.78, 5) is 16.9. The van der Waals surface area contributed by atoms with Crippen LogP contribution >= 0.6 is 0 Å². The topological polar surface area (TPSA) is 64.4 Å². The van der Waals surface area contributed by atoms with Gasteiger partial charge >= 0.3 is 0 Å². The number of carbonyl (C=O) groups is 1. The maximum atomic E-state index is 12.3. The summed E-state index contributed by atoms with van der Waals surface area (Å²) in [5, 5.41) is 2.85. The van der Waals surface area contributed by atoms with Crippen LogP contribution in [-0.4, -0.2) is 17.5 Å². The summed E-state index contributed by atoms with van der Waals surface area (Å²) in [6.07, 6.45) is 0.624. The number of nitrogens with zero attached hydrogens (tertiary/aromatic N) is 1. The van der Waals surface area contributed by atoms with Crippen LogP contribution in [0.15, 0.2) is 77.2 Å². The van der Waals surface area contributed by atoms with Gasteiger partial charge in [0.25, 0.3) is 5.91 Å². The van der Waals surface area contributed by atoms with Crippen LogP contribution in [0.3, 0.4) is 0 Å². The van der Waals surface area contributed by atoms with Crippen LogP contribution < -0.4 is 10.1 Å². The Kier molecular flexibility index (Phi) is 5.76.